The van der Waals surface area contributed by atoms with E-state index in [0.29, 0.717) is 5.96 Å². The molecular weight excluding hydrogens is 268 g/mol. The van der Waals surface area contributed by atoms with Crippen LogP contribution in [-0.4, -0.2) is 70.0 Å². The molecule has 0 amide bonds. The molecule has 6 nitrogen and oxygen atoms in total. The number of hydrogen-bond acceptors (Lipinski definition) is 4. The van der Waals surface area contributed by atoms with Crippen molar-refractivity contribution in [3.63, 3.8) is 0 Å². The quantitative estimate of drug-likeness (QED) is 0.348. The second-order valence-corrected chi connectivity index (χ2v) is 5.87. The Hall–Kier alpha value is -0.850. The van der Waals surface area contributed by atoms with Gasteiger partial charge in [-0.2, -0.15) is 0 Å². The number of morpholine rings is 1. The predicted octanol–water partition coefficient (Wildman–Crippen LogP) is 0.430. The van der Waals surface area contributed by atoms with Crippen molar-refractivity contribution in [3.05, 3.63) is 0 Å². The molecule has 0 bridgehead atoms. The Morgan fingerprint density at radius 2 is 2.10 bits per heavy atom. The monoisotopic (exact) mass is 298 g/mol. The summed E-state index contributed by atoms with van der Waals surface area (Å²) in [5.74, 6) is 1.39. The molecule has 0 aromatic rings. The van der Waals surface area contributed by atoms with Gasteiger partial charge in [0.05, 0.1) is 13.2 Å². The van der Waals surface area contributed by atoms with Gasteiger partial charge in [0.25, 0.3) is 0 Å². The fourth-order valence-electron chi connectivity index (χ4n) is 2.30. The number of guanidine groups is 1. The van der Waals surface area contributed by atoms with Crippen LogP contribution in [0.3, 0.4) is 0 Å². The number of nitrogens with one attached hydrogen (secondary N) is 1. The molecule has 122 valence electrons. The molecule has 0 aromatic heterocycles. The van der Waals surface area contributed by atoms with Crippen LogP contribution in [0.5, 0.6) is 0 Å². The highest BCUT2D eigenvalue weighted by molar-refractivity contribution is 5.77. The van der Waals surface area contributed by atoms with Gasteiger partial charge in [-0.15, -0.1) is 0 Å². The van der Waals surface area contributed by atoms with Crippen molar-refractivity contribution in [2.75, 3.05) is 59.2 Å². The Balaban J connectivity index is 1.38. The Bertz CT molecular complexity index is 302. The summed E-state index contributed by atoms with van der Waals surface area (Å²) in [6.45, 7) is 8.26. The van der Waals surface area contributed by atoms with Crippen LogP contribution in [0.15, 0.2) is 4.99 Å². The molecule has 6 heteroatoms. The Labute approximate surface area is 128 Å². The number of nitrogens with zero attached hydrogens (tertiary/aromatic N) is 2. The first kappa shape index (κ1) is 16.5. The average molecular weight is 298 g/mol. The van der Waals surface area contributed by atoms with Gasteiger partial charge in [-0.1, -0.05) is 0 Å². The van der Waals surface area contributed by atoms with Crippen molar-refractivity contribution in [2.24, 2.45) is 16.6 Å². The molecule has 3 N–H and O–H groups in total. The zero-order chi connectivity index (χ0) is 14.8. The summed E-state index contributed by atoms with van der Waals surface area (Å²) < 4.78 is 10.9. The van der Waals surface area contributed by atoms with E-state index in [1.54, 1.807) is 0 Å². The second-order valence-electron chi connectivity index (χ2n) is 5.87. The third-order valence-corrected chi connectivity index (χ3v) is 3.84. The van der Waals surface area contributed by atoms with Crippen LogP contribution in [-0.2, 0) is 9.47 Å². The minimum atomic E-state index is 0.555. The maximum Gasteiger partial charge on any atom is 0.188 e. The minimum absolute atomic E-state index is 0.555. The number of hydrogen-bond donors (Lipinski definition) is 2. The molecule has 0 unspecified atom stereocenters. The van der Waals surface area contributed by atoms with Gasteiger partial charge < -0.3 is 20.5 Å². The van der Waals surface area contributed by atoms with E-state index in [0.717, 1.165) is 77.9 Å². The molecule has 2 rings (SSSR count). The van der Waals surface area contributed by atoms with Crippen LogP contribution in [0.25, 0.3) is 0 Å². The van der Waals surface area contributed by atoms with Crippen molar-refractivity contribution >= 4 is 5.96 Å². The summed E-state index contributed by atoms with van der Waals surface area (Å²) in [6.07, 6.45) is 4.72. The van der Waals surface area contributed by atoms with E-state index in [9.17, 15) is 0 Å². The Kier molecular flexibility index (Phi) is 7.85. The highest BCUT2D eigenvalue weighted by atomic mass is 16.5. The van der Waals surface area contributed by atoms with Gasteiger partial charge in [0.15, 0.2) is 5.96 Å². The van der Waals surface area contributed by atoms with Crippen LogP contribution in [0.4, 0.5) is 0 Å². The summed E-state index contributed by atoms with van der Waals surface area (Å²) in [6, 6.07) is 0. The van der Waals surface area contributed by atoms with E-state index in [2.05, 4.69) is 15.2 Å². The Morgan fingerprint density at radius 3 is 2.86 bits per heavy atom. The summed E-state index contributed by atoms with van der Waals surface area (Å²) in [5, 5.41) is 3.17. The molecule has 1 saturated heterocycles. The highest BCUT2D eigenvalue weighted by Gasteiger charge is 2.20. The van der Waals surface area contributed by atoms with Gasteiger partial charge in [-0.05, 0) is 38.1 Å². The topological polar surface area (TPSA) is 72.1 Å². The molecule has 0 spiro atoms. The molecule has 1 aliphatic carbocycles. The normalized spacial score (nSPS) is 20.7. The van der Waals surface area contributed by atoms with E-state index in [-0.39, 0.29) is 0 Å². The first-order valence-electron chi connectivity index (χ1n) is 8.26. The Morgan fingerprint density at radius 1 is 1.29 bits per heavy atom. The van der Waals surface area contributed by atoms with E-state index < -0.39 is 0 Å². The molecule has 2 aliphatic rings. The third kappa shape index (κ3) is 8.24. The van der Waals surface area contributed by atoms with Gasteiger partial charge in [-0.3, -0.25) is 9.89 Å². The molecule has 0 aromatic carbocycles. The maximum absolute atomic E-state index is 5.83. The van der Waals surface area contributed by atoms with Crippen molar-refractivity contribution in [2.45, 2.75) is 25.7 Å². The minimum Gasteiger partial charge on any atom is -0.381 e. The van der Waals surface area contributed by atoms with E-state index in [1.165, 1.54) is 12.8 Å². The summed E-state index contributed by atoms with van der Waals surface area (Å²) >= 11 is 0. The van der Waals surface area contributed by atoms with E-state index in [4.69, 9.17) is 15.2 Å². The molecule has 1 heterocycles. The molecule has 1 saturated carbocycles. The third-order valence-electron chi connectivity index (χ3n) is 3.84. The smallest absolute Gasteiger partial charge is 0.188 e. The number of ether oxygens (including phenoxy) is 2. The largest absolute Gasteiger partial charge is 0.381 e. The van der Waals surface area contributed by atoms with Gasteiger partial charge in [0.2, 0.25) is 0 Å². The highest BCUT2D eigenvalue weighted by Crippen LogP contribution is 2.28. The lowest BCUT2D eigenvalue weighted by atomic mass is 10.3. The molecule has 21 heavy (non-hydrogen) atoms. The van der Waals surface area contributed by atoms with Crippen LogP contribution >= 0.6 is 0 Å². The average Bonchev–Trinajstić information content (AvgIpc) is 3.32. The number of rotatable bonds is 10. The lowest BCUT2D eigenvalue weighted by Gasteiger charge is -2.26. The van der Waals surface area contributed by atoms with Crippen molar-refractivity contribution in [1.82, 2.24) is 10.2 Å². The molecule has 1 aliphatic heterocycles. The predicted molar refractivity (Wildman–Crippen MR) is 84.5 cm³/mol. The summed E-state index contributed by atoms with van der Waals surface area (Å²) in [4.78, 5) is 6.74. The zero-order valence-corrected chi connectivity index (χ0v) is 13.1. The molecular formula is C15H30N4O2. The maximum atomic E-state index is 5.83. The van der Waals surface area contributed by atoms with Crippen molar-refractivity contribution in [3.8, 4) is 0 Å². The van der Waals surface area contributed by atoms with Gasteiger partial charge >= 0.3 is 0 Å². The SMILES string of the molecule is NC(=NCCCOCC1CC1)NCCCN1CCOCC1. The fourth-order valence-corrected chi connectivity index (χ4v) is 2.30. The van der Waals surface area contributed by atoms with E-state index in [1.807, 2.05) is 0 Å². The van der Waals surface area contributed by atoms with Gasteiger partial charge in [-0.25, -0.2) is 0 Å². The standard InChI is InChI=1S/C15H30N4O2/c16-15(18-6-2-10-21-13-14-3-4-14)17-5-1-7-19-8-11-20-12-9-19/h14H,1-13H2,(H3,16,17,18). The lowest BCUT2D eigenvalue weighted by Crippen LogP contribution is -2.39. The fraction of sp³-hybridized carbons (Fsp3) is 0.933. The van der Waals surface area contributed by atoms with Crippen LogP contribution in [0.2, 0.25) is 0 Å². The van der Waals surface area contributed by atoms with Gasteiger partial charge in [0, 0.05) is 39.4 Å². The van der Waals surface area contributed by atoms with Crippen molar-refractivity contribution < 1.29 is 9.47 Å². The van der Waals surface area contributed by atoms with Crippen LogP contribution in [0.1, 0.15) is 25.7 Å². The van der Waals surface area contributed by atoms with Crippen molar-refractivity contribution in [1.29, 1.82) is 0 Å². The van der Waals surface area contributed by atoms with Gasteiger partial charge in [0.1, 0.15) is 0 Å². The summed E-state index contributed by atoms with van der Waals surface area (Å²) in [5.41, 5.74) is 5.83. The molecule has 2 fully saturated rings. The zero-order valence-electron chi connectivity index (χ0n) is 13.1. The molecule has 0 atom stereocenters. The summed E-state index contributed by atoms with van der Waals surface area (Å²) in [7, 11) is 0. The van der Waals surface area contributed by atoms with Crippen LogP contribution in [0, 0.1) is 5.92 Å². The first-order valence-corrected chi connectivity index (χ1v) is 8.26. The number of aliphatic imine (C=N–C) groups is 1. The number of nitrogens with two attached hydrogens (primary N) is 1. The second kappa shape index (κ2) is 9.97. The molecule has 0 radical (unpaired) electrons. The van der Waals surface area contributed by atoms with Crippen LogP contribution < -0.4 is 11.1 Å². The van der Waals surface area contributed by atoms with E-state index >= 15 is 0 Å². The lowest BCUT2D eigenvalue weighted by molar-refractivity contribution is 0.0376. The first-order chi connectivity index (χ1) is 10.3.